The van der Waals surface area contributed by atoms with E-state index in [0.29, 0.717) is 28.1 Å². The quantitative estimate of drug-likeness (QED) is 0.563. The van der Waals surface area contributed by atoms with Crippen molar-refractivity contribution in [3.8, 4) is 0 Å². The molecule has 3 aromatic carbocycles. The van der Waals surface area contributed by atoms with E-state index in [0.717, 1.165) is 5.56 Å². The number of Topliss-reactive ketones (excluding diaryl/α,β-unsaturated/α-hetero) is 2. The molecular formula is C28H24N2O4. The fourth-order valence-corrected chi connectivity index (χ4v) is 5.25. The molecule has 6 heteroatoms. The smallest absolute Gasteiger partial charge is 0.238 e. The molecule has 2 aliphatic heterocycles. The summed E-state index contributed by atoms with van der Waals surface area (Å²) in [5.41, 5.74) is 3.42. The van der Waals surface area contributed by atoms with Gasteiger partial charge < -0.3 is 9.80 Å². The number of aryl methyl sites for hydroxylation is 1. The zero-order valence-corrected chi connectivity index (χ0v) is 19.2. The number of carbonyl (C=O) groups is 4. The first-order valence-electron chi connectivity index (χ1n) is 11.2. The van der Waals surface area contributed by atoms with Gasteiger partial charge in [0.2, 0.25) is 11.8 Å². The Kier molecular flexibility index (Phi) is 5.16. The molecule has 5 rings (SSSR count). The third kappa shape index (κ3) is 3.17. The molecule has 170 valence electrons. The summed E-state index contributed by atoms with van der Waals surface area (Å²) in [5.74, 6) is -4.91. The topological polar surface area (TPSA) is 74.8 Å². The van der Waals surface area contributed by atoms with E-state index in [1.807, 2.05) is 25.1 Å². The molecule has 0 fully saturated rings. The molecule has 2 heterocycles. The number of amides is 2. The lowest BCUT2D eigenvalue weighted by molar-refractivity contribution is -0.124. The number of fused-ring (bicyclic) bond motifs is 2. The first kappa shape index (κ1) is 21.8. The van der Waals surface area contributed by atoms with Gasteiger partial charge in [-0.1, -0.05) is 54.1 Å². The Hall–Kier alpha value is -4.06. The van der Waals surface area contributed by atoms with Gasteiger partial charge in [-0.25, -0.2) is 0 Å². The van der Waals surface area contributed by atoms with Gasteiger partial charge in [0.05, 0.1) is 11.4 Å². The van der Waals surface area contributed by atoms with Crippen molar-refractivity contribution in [1.29, 1.82) is 0 Å². The molecule has 6 nitrogen and oxygen atoms in total. The largest absolute Gasteiger partial charge is 0.314 e. The fourth-order valence-electron chi connectivity index (χ4n) is 5.25. The number of carbonyl (C=O) groups excluding carboxylic acids is 4. The van der Waals surface area contributed by atoms with Gasteiger partial charge in [0.1, 0.15) is 11.8 Å². The van der Waals surface area contributed by atoms with Crippen LogP contribution in [0.25, 0.3) is 0 Å². The first-order chi connectivity index (χ1) is 16.3. The van der Waals surface area contributed by atoms with E-state index < -0.39 is 29.6 Å². The maximum Gasteiger partial charge on any atom is 0.238 e. The minimum absolute atomic E-state index is 0.368. The van der Waals surface area contributed by atoms with Gasteiger partial charge in [0.25, 0.3) is 0 Å². The summed E-state index contributed by atoms with van der Waals surface area (Å²) in [4.78, 5) is 57.8. The van der Waals surface area contributed by atoms with Crippen LogP contribution in [-0.4, -0.2) is 37.5 Å². The van der Waals surface area contributed by atoms with Gasteiger partial charge in [-0.2, -0.15) is 0 Å². The number of hydrogen-bond donors (Lipinski definition) is 0. The van der Waals surface area contributed by atoms with Crippen LogP contribution in [0, 0.1) is 18.8 Å². The molecule has 0 aliphatic carbocycles. The first-order valence-corrected chi connectivity index (χ1v) is 11.2. The summed E-state index contributed by atoms with van der Waals surface area (Å²) in [7, 11) is 3.25. The van der Waals surface area contributed by atoms with Gasteiger partial charge >= 0.3 is 0 Å². The fraction of sp³-hybridized carbons (Fsp3) is 0.214. The molecule has 2 amide bonds. The highest BCUT2D eigenvalue weighted by atomic mass is 16.2. The van der Waals surface area contributed by atoms with E-state index in [4.69, 9.17) is 0 Å². The van der Waals surface area contributed by atoms with Crippen LogP contribution < -0.4 is 9.80 Å². The number of nitrogens with zero attached hydrogens (tertiary/aromatic N) is 2. The van der Waals surface area contributed by atoms with Gasteiger partial charge in [0.15, 0.2) is 11.6 Å². The summed E-state index contributed by atoms with van der Waals surface area (Å²) >= 11 is 0. The Morgan fingerprint density at radius 3 is 1.59 bits per heavy atom. The lowest BCUT2D eigenvalue weighted by Gasteiger charge is -2.40. The highest BCUT2D eigenvalue weighted by Gasteiger charge is 2.52. The van der Waals surface area contributed by atoms with Crippen LogP contribution in [0.15, 0.2) is 72.8 Å². The number of benzene rings is 3. The van der Waals surface area contributed by atoms with Crippen LogP contribution in [0.2, 0.25) is 0 Å². The van der Waals surface area contributed by atoms with Crippen LogP contribution in [0.4, 0.5) is 11.4 Å². The summed E-state index contributed by atoms with van der Waals surface area (Å²) in [6, 6.07) is 21.2. The predicted molar refractivity (Wildman–Crippen MR) is 129 cm³/mol. The van der Waals surface area contributed by atoms with Crippen molar-refractivity contribution in [3.05, 3.63) is 95.1 Å². The Labute approximate surface area is 197 Å². The Morgan fingerprint density at radius 2 is 1.12 bits per heavy atom. The Morgan fingerprint density at radius 1 is 0.647 bits per heavy atom. The van der Waals surface area contributed by atoms with Crippen LogP contribution in [0.1, 0.15) is 37.8 Å². The number of anilines is 2. The number of ketones is 2. The Bertz CT molecular complexity index is 1280. The van der Waals surface area contributed by atoms with Crippen molar-refractivity contribution < 1.29 is 19.2 Å². The van der Waals surface area contributed by atoms with E-state index in [1.165, 1.54) is 9.80 Å². The van der Waals surface area contributed by atoms with Crippen molar-refractivity contribution in [2.75, 3.05) is 23.9 Å². The summed E-state index contributed by atoms with van der Waals surface area (Å²) in [5, 5.41) is 0. The summed E-state index contributed by atoms with van der Waals surface area (Å²) < 4.78 is 0. The highest BCUT2D eigenvalue weighted by molar-refractivity contribution is 6.25. The maximum absolute atomic E-state index is 13.8. The zero-order chi connectivity index (χ0) is 24.1. The predicted octanol–water partition coefficient (Wildman–Crippen LogP) is 4.03. The summed E-state index contributed by atoms with van der Waals surface area (Å²) in [6.45, 7) is 1.90. The van der Waals surface area contributed by atoms with Gasteiger partial charge in [-0.15, -0.1) is 0 Å². The zero-order valence-electron chi connectivity index (χ0n) is 19.2. The average Bonchev–Trinajstić information content (AvgIpc) is 2.85. The monoisotopic (exact) mass is 452 g/mol. The Balaban J connectivity index is 1.72. The molecule has 3 aromatic rings. The minimum atomic E-state index is -1.20. The lowest BCUT2D eigenvalue weighted by atomic mass is 9.68. The molecule has 0 N–H and O–H groups in total. The third-order valence-corrected chi connectivity index (χ3v) is 6.97. The lowest BCUT2D eigenvalue weighted by Crippen LogP contribution is -2.52. The van der Waals surface area contributed by atoms with Crippen molar-refractivity contribution >= 4 is 34.8 Å². The SMILES string of the molecule is Cc1cccc(C([C@@H]2C(=O)c3ccccc3N(C)C2=O)[C@@H]2C(=O)c3ccccc3N(C)C2=O)c1. The van der Waals surface area contributed by atoms with Crippen molar-refractivity contribution in [1.82, 2.24) is 0 Å². The molecule has 0 saturated carbocycles. The molecule has 0 unspecified atom stereocenters. The average molecular weight is 453 g/mol. The minimum Gasteiger partial charge on any atom is -0.314 e. The molecule has 0 bridgehead atoms. The van der Waals surface area contributed by atoms with E-state index in [-0.39, 0.29) is 11.6 Å². The normalized spacial score (nSPS) is 20.0. The van der Waals surface area contributed by atoms with Crippen molar-refractivity contribution in [2.24, 2.45) is 11.8 Å². The second kappa shape index (κ2) is 8.06. The molecule has 0 aromatic heterocycles. The van der Waals surface area contributed by atoms with Gasteiger partial charge in [0, 0.05) is 31.1 Å². The highest BCUT2D eigenvalue weighted by Crippen LogP contribution is 2.45. The van der Waals surface area contributed by atoms with Crippen LogP contribution in [0.5, 0.6) is 0 Å². The molecule has 0 saturated heterocycles. The van der Waals surface area contributed by atoms with Crippen molar-refractivity contribution in [2.45, 2.75) is 12.8 Å². The van der Waals surface area contributed by atoms with Crippen LogP contribution >= 0.6 is 0 Å². The second-order valence-corrected chi connectivity index (χ2v) is 8.95. The standard InChI is InChI=1S/C28H24N2O4/c1-16-9-8-10-17(15-16)22(23-25(31)18-11-4-6-13-20(18)29(2)27(23)33)24-26(32)19-12-5-7-14-21(19)30(3)28(24)34/h4-15,22-24H,1-3H3/t23-,24-/m1/s1. The van der Waals surface area contributed by atoms with Gasteiger partial charge in [-0.3, -0.25) is 19.2 Å². The molecular weight excluding hydrogens is 428 g/mol. The number of para-hydroxylation sites is 2. The van der Waals surface area contributed by atoms with Crippen LogP contribution in [0.3, 0.4) is 0 Å². The molecule has 34 heavy (non-hydrogen) atoms. The van der Waals surface area contributed by atoms with E-state index >= 15 is 0 Å². The van der Waals surface area contributed by atoms with Gasteiger partial charge in [-0.05, 0) is 36.8 Å². The summed E-state index contributed by atoms with van der Waals surface area (Å²) in [6.07, 6.45) is 0. The second-order valence-electron chi connectivity index (χ2n) is 8.95. The van der Waals surface area contributed by atoms with E-state index in [1.54, 1.807) is 68.7 Å². The number of rotatable bonds is 3. The molecule has 0 spiro atoms. The number of hydrogen-bond acceptors (Lipinski definition) is 4. The van der Waals surface area contributed by atoms with Crippen LogP contribution in [-0.2, 0) is 9.59 Å². The van der Waals surface area contributed by atoms with Crippen molar-refractivity contribution in [3.63, 3.8) is 0 Å². The third-order valence-electron chi connectivity index (χ3n) is 6.97. The van der Waals surface area contributed by atoms with E-state index in [9.17, 15) is 19.2 Å². The molecule has 2 aliphatic rings. The maximum atomic E-state index is 13.8. The molecule has 0 radical (unpaired) electrons. The molecule has 2 atom stereocenters. The van der Waals surface area contributed by atoms with E-state index in [2.05, 4.69) is 0 Å².